The molecule has 0 aliphatic carbocycles. The van der Waals surface area contributed by atoms with Crippen molar-refractivity contribution in [1.82, 2.24) is 15.3 Å². The topological polar surface area (TPSA) is 110 Å². The Bertz CT molecular complexity index is 942. The molecule has 0 bridgehead atoms. The highest BCUT2D eigenvalue weighted by molar-refractivity contribution is 7.98. The second-order valence-corrected chi connectivity index (χ2v) is 7.04. The SMILES string of the molecule is CSCC[C@@H](NC(=O)COc1ccccc1[N+](=O)[O-])c1nc2ccccc2[nH]1. The number of ether oxygens (including phenoxy) is 1. The van der Waals surface area contributed by atoms with Gasteiger partial charge in [0.15, 0.2) is 12.4 Å². The fourth-order valence-electron chi connectivity index (χ4n) is 2.76. The molecule has 8 nitrogen and oxygen atoms in total. The lowest BCUT2D eigenvalue weighted by Gasteiger charge is -2.16. The number of benzene rings is 2. The summed E-state index contributed by atoms with van der Waals surface area (Å²) in [6.07, 6.45) is 2.69. The average Bonchev–Trinajstić information content (AvgIpc) is 3.13. The van der Waals surface area contributed by atoms with Crippen LogP contribution in [0, 0.1) is 10.1 Å². The molecule has 0 unspecified atom stereocenters. The van der Waals surface area contributed by atoms with Gasteiger partial charge in [-0.3, -0.25) is 14.9 Å². The van der Waals surface area contributed by atoms with E-state index in [1.807, 2.05) is 30.5 Å². The van der Waals surface area contributed by atoms with Crippen LogP contribution in [0.2, 0.25) is 0 Å². The largest absolute Gasteiger partial charge is 0.477 e. The number of aromatic nitrogens is 2. The molecule has 2 N–H and O–H groups in total. The number of fused-ring (bicyclic) bond motifs is 1. The third kappa shape index (κ3) is 4.80. The molecule has 1 amide bonds. The van der Waals surface area contributed by atoms with Crippen molar-refractivity contribution >= 4 is 34.4 Å². The Morgan fingerprint density at radius 1 is 1.29 bits per heavy atom. The van der Waals surface area contributed by atoms with E-state index in [1.165, 1.54) is 12.1 Å². The van der Waals surface area contributed by atoms with E-state index in [4.69, 9.17) is 4.74 Å². The van der Waals surface area contributed by atoms with Crippen LogP contribution in [0.25, 0.3) is 11.0 Å². The van der Waals surface area contributed by atoms with Gasteiger partial charge in [0.05, 0.1) is 22.0 Å². The summed E-state index contributed by atoms with van der Waals surface area (Å²) in [5, 5.41) is 14.0. The van der Waals surface area contributed by atoms with Crippen LogP contribution >= 0.6 is 11.8 Å². The van der Waals surface area contributed by atoms with Crippen LogP contribution in [-0.4, -0.2) is 39.4 Å². The van der Waals surface area contributed by atoms with E-state index in [2.05, 4.69) is 15.3 Å². The number of H-pyrrole nitrogens is 1. The first kappa shape index (κ1) is 19.7. The van der Waals surface area contributed by atoms with Gasteiger partial charge in [-0.05, 0) is 36.6 Å². The molecule has 1 aromatic heterocycles. The number of nitro benzene ring substituents is 1. The van der Waals surface area contributed by atoms with E-state index in [9.17, 15) is 14.9 Å². The van der Waals surface area contributed by atoms with Crippen molar-refractivity contribution in [1.29, 1.82) is 0 Å². The predicted octanol–water partition coefficient (Wildman–Crippen LogP) is 3.46. The summed E-state index contributed by atoms with van der Waals surface area (Å²) in [5.41, 5.74) is 1.56. The van der Waals surface area contributed by atoms with Gasteiger partial charge in [0.25, 0.3) is 5.91 Å². The van der Waals surface area contributed by atoms with E-state index >= 15 is 0 Å². The summed E-state index contributed by atoms with van der Waals surface area (Å²) in [5.74, 6) is 1.21. The number of amides is 1. The molecule has 28 heavy (non-hydrogen) atoms. The molecule has 2 aromatic carbocycles. The number of hydrogen-bond donors (Lipinski definition) is 2. The highest BCUT2D eigenvalue weighted by atomic mass is 32.2. The summed E-state index contributed by atoms with van der Waals surface area (Å²) >= 11 is 1.67. The van der Waals surface area contributed by atoms with Crippen LogP contribution in [0.4, 0.5) is 5.69 Å². The number of rotatable bonds is 9. The number of nitro groups is 1. The Balaban J connectivity index is 1.69. The van der Waals surface area contributed by atoms with Gasteiger partial charge < -0.3 is 15.0 Å². The van der Waals surface area contributed by atoms with Gasteiger partial charge in [0.1, 0.15) is 5.82 Å². The standard InChI is InChI=1S/C19H20N4O4S/c1-28-11-10-15(19-21-13-6-2-3-7-14(13)22-19)20-18(24)12-27-17-9-5-4-8-16(17)23(25)26/h2-9,15H,10-12H2,1H3,(H,20,24)(H,21,22)/t15-/m1/s1. The third-order valence-electron chi connectivity index (χ3n) is 4.10. The predicted molar refractivity (Wildman–Crippen MR) is 109 cm³/mol. The number of nitrogens with zero attached hydrogens (tertiary/aromatic N) is 2. The van der Waals surface area contributed by atoms with Gasteiger partial charge in [-0.1, -0.05) is 24.3 Å². The zero-order valence-corrected chi connectivity index (χ0v) is 16.1. The summed E-state index contributed by atoms with van der Waals surface area (Å²) < 4.78 is 5.37. The molecule has 0 fully saturated rings. The molecule has 0 saturated carbocycles. The van der Waals surface area contributed by atoms with Gasteiger partial charge in [0, 0.05) is 6.07 Å². The number of carbonyl (C=O) groups excluding carboxylic acids is 1. The molecule has 146 valence electrons. The molecule has 3 aromatic rings. The van der Waals surface area contributed by atoms with Gasteiger partial charge in [-0.2, -0.15) is 11.8 Å². The molecule has 1 atom stereocenters. The lowest BCUT2D eigenvalue weighted by molar-refractivity contribution is -0.385. The van der Waals surface area contributed by atoms with Crippen LogP contribution in [-0.2, 0) is 4.79 Å². The smallest absolute Gasteiger partial charge is 0.310 e. The summed E-state index contributed by atoms with van der Waals surface area (Å²) in [7, 11) is 0. The third-order valence-corrected chi connectivity index (χ3v) is 4.75. The molecule has 9 heteroatoms. The second-order valence-electron chi connectivity index (χ2n) is 6.05. The normalized spacial score (nSPS) is 11.9. The fraction of sp³-hybridized carbons (Fsp3) is 0.263. The van der Waals surface area contributed by atoms with E-state index in [0.29, 0.717) is 12.2 Å². The minimum absolute atomic E-state index is 0.0621. The summed E-state index contributed by atoms with van der Waals surface area (Å²) in [6, 6.07) is 13.3. The molecular formula is C19H20N4O4S. The maximum Gasteiger partial charge on any atom is 0.310 e. The monoisotopic (exact) mass is 400 g/mol. The van der Waals surface area contributed by atoms with Crippen molar-refractivity contribution < 1.29 is 14.5 Å². The Morgan fingerprint density at radius 2 is 2.04 bits per heavy atom. The quantitative estimate of drug-likeness (QED) is 0.420. The van der Waals surface area contributed by atoms with Gasteiger partial charge in [-0.25, -0.2) is 4.98 Å². The van der Waals surface area contributed by atoms with Gasteiger partial charge in [0.2, 0.25) is 0 Å². The lowest BCUT2D eigenvalue weighted by atomic mass is 10.2. The molecule has 0 saturated heterocycles. The summed E-state index contributed by atoms with van der Waals surface area (Å²) in [6.45, 7) is -0.319. The van der Waals surface area contributed by atoms with Gasteiger partial charge >= 0.3 is 5.69 Å². The number of imidazole rings is 1. The van der Waals surface area contributed by atoms with Crippen LogP contribution in [0.15, 0.2) is 48.5 Å². The number of carbonyl (C=O) groups is 1. The molecule has 0 aliphatic heterocycles. The average molecular weight is 400 g/mol. The molecule has 3 rings (SSSR count). The summed E-state index contributed by atoms with van der Waals surface area (Å²) in [4.78, 5) is 30.7. The minimum atomic E-state index is -0.539. The minimum Gasteiger partial charge on any atom is -0.477 e. The second kappa shape index (κ2) is 9.23. The van der Waals surface area contributed by atoms with Crippen LogP contribution < -0.4 is 10.1 Å². The van der Waals surface area contributed by atoms with Crippen molar-refractivity contribution in [3.8, 4) is 5.75 Å². The van der Waals surface area contributed by atoms with E-state index in [1.54, 1.807) is 23.9 Å². The Morgan fingerprint density at radius 3 is 2.79 bits per heavy atom. The highest BCUT2D eigenvalue weighted by Gasteiger charge is 2.20. The van der Waals surface area contributed by atoms with Crippen molar-refractivity contribution in [3.63, 3.8) is 0 Å². The van der Waals surface area contributed by atoms with Crippen molar-refractivity contribution in [3.05, 3.63) is 64.5 Å². The van der Waals surface area contributed by atoms with Crippen molar-refractivity contribution in [2.75, 3.05) is 18.6 Å². The number of aromatic amines is 1. The number of thioether (sulfide) groups is 1. The van der Waals surface area contributed by atoms with E-state index < -0.39 is 4.92 Å². The molecule has 0 aliphatic rings. The molecule has 0 spiro atoms. The van der Waals surface area contributed by atoms with Crippen molar-refractivity contribution in [2.24, 2.45) is 0 Å². The van der Waals surface area contributed by atoms with Crippen molar-refractivity contribution in [2.45, 2.75) is 12.5 Å². The fourth-order valence-corrected chi connectivity index (χ4v) is 3.23. The molecule has 1 heterocycles. The molecular weight excluding hydrogens is 380 g/mol. The number of para-hydroxylation sites is 4. The molecule has 0 radical (unpaired) electrons. The first-order valence-electron chi connectivity index (χ1n) is 8.67. The Labute approximate surface area is 165 Å². The first-order chi connectivity index (χ1) is 13.6. The van der Waals surface area contributed by atoms with Crippen LogP contribution in [0.3, 0.4) is 0 Å². The number of nitrogens with one attached hydrogen (secondary N) is 2. The lowest BCUT2D eigenvalue weighted by Crippen LogP contribution is -2.33. The van der Waals surface area contributed by atoms with E-state index in [-0.39, 0.29) is 30.0 Å². The maximum absolute atomic E-state index is 12.4. The highest BCUT2D eigenvalue weighted by Crippen LogP contribution is 2.26. The zero-order valence-electron chi connectivity index (χ0n) is 15.3. The zero-order chi connectivity index (χ0) is 19.9. The van der Waals surface area contributed by atoms with Gasteiger partial charge in [-0.15, -0.1) is 0 Å². The first-order valence-corrected chi connectivity index (χ1v) is 10.1. The Hall–Kier alpha value is -3.07. The van der Waals surface area contributed by atoms with Crippen LogP contribution in [0.1, 0.15) is 18.3 Å². The maximum atomic E-state index is 12.4. The van der Waals surface area contributed by atoms with Crippen LogP contribution in [0.5, 0.6) is 5.75 Å². The van der Waals surface area contributed by atoms with E-state index in [0.717, 1.165) is 16.8 Å². The number of hydrogen-bond acceptors (Lipinski definition) is 6. The Kier molecular flexibility index (Phi) is 6.49.